The summed E-state index contributed by atoms with van der Waals surface area (Å²) in [6.07, 6.45) is -0.0954. The standard InChI is InChI=1S/C29H23N5O3S2/c1-16-8-13-21-24(14-16)38-27(31-21)18-9-11-19(12-10-18)30-17(2)26-22(15-25(35)37-3)33-34(28(26)36)29-32-20-6-4-5-7-23(20)39-29/h4-14,33H,15H2,1-3H3. The molecule has 6 aromatic rings. The predicted molar refractivity (Wildman–Crippen MR) is 157 cm³/mol. The van der Waals surface area contributed by atoms with E-state index >= 15 is 0 Å². The second kappa shape index (κ2) is 10.0. The second-order valence-electron chi connectivity index (χ2n) is 9.06. The number of rotatable bonds is 6. The molecule has 3 heterocycles. The van der Waals surface area contributed by atoms with E-state index in [-0.39, 0.29) is 12.0 Å². The molecule has 194 valence electrons. The third-order valence-corrected chi connectivity index (χ3v) is 8.39. The Morgan fingerprint density at radius 2 is 1.77 bits per heavy atom. The van der Waals surface area contributed by atoms with Gasteiger partial charge in [-0.2, -0.15) is 4.68 Å². The number of fused-ring (bicyclic) bond motifs is 2. The zero-order valence-corrected chi connectivity index (χ0v) is 23.0. The van der Waals surface area contributed by atoms with E-state index < -0.39 is 5.97 Å². The topological polar surface area (TPSA) is 102 Å². The minimum absolute atomic E-state index is 0.0954. The van der Waals surface area contributed by atoms with E-state index in [0.717, 1.165) is 31.0 Å². The summed E-state index contributed by atoms with van der Waals surface area (Å²) in [7, 11) is 1.32. The average Bonchev–Trinajstić information content (AvgIpc) is 3.63. The van der Waals surface area contributed by atoms with E-state index in [4.69, 9.17) is 14.7 Å². The molecule has 1 N–H and O–H groups in total. The van der Waals surface area contributed by atoms with Crippen LogP contribution >= 0.6 is 22.7 Å². The van der Waals surface area contributed by atoms with E-state index in [0.29, 0.717) is 27.8 Å². The first-order valence-electron chi connectivity index (χ1n) is 12.2. The smallest absolute Gasteiger partial charge is 0.311 e. The van der Waals surface area contributed by atoms with Gasteiger partial charge in [-0.15, -0.1) is 11.3 Å². The molecule has 0 bridgehead atoms. The Morgan fingerprint density at radius 3 is 2.54 bits per heavy atom. The number of nitrogens with one attached hydrogen (secondary N) is 1. The number of benzene rings is 3. The fourth-order valence-electron chi connectivity index (χ4n) is 4.37. The lowest BCUT2D eigenvalue weighted by atomic mass is 10.1. The van der Waals surface area contributed by atoms with E-state index in [1.165, 1.54) is 28.7 Å². The van der Waals surface area contributed by atoms with Crippen LogP contribution in [0.2, 0.25) is 0 Å². The summed E-state index contributed by atoms with van der Waals surface area (Å²) in [6, 6.07) is 21.7. The quantitative estimate of drug-likeness (QED) is 0.195. The zero-order chi connectivity index (χ0) is 27.1. The largest absolute Gasteiger partial charge is 0.469 e. The summed E-state index contributed by atoms with van der Waals surface area (Å²) >= 11 is 3.04. The van der Waals surface area contributed by atoms with Gasteiger partial charge in [-0.3, -0.25) is 19.7 Å². The lowest BCUT2D eigenvalue weighted by molar-refractivity contribution is -0.139. The third-order valence-electron chi connectivity index (χ3n) is 6.30. The number of esters is 1. The van der Waals surface area contributed by atoms with Gasteiger partial charge in [0.1, 0.15) is 5.01 Å². The molecule has 0 saturated carbocycles. The Labute approximate surface area is 231 Å². The Kier molecular flexibility index (Phi) is 6.41. The Morgan fingerprint density at radius 1 is 1.00 bits per heavy atom. The van der Waals surface area contributed by atoms with Crippen molar-refractivity contribution >= 4 is 60.5 Å². The van der Waals surface area contributed by atoms with Gasteiger partial charge in [-0.25, -0.2) is 9.97 Å². The van der Waals surface area contributed by atoms with Crippen LogP contribution in [0.3, 0.4) is 0 Å². The van der Waals surface area contributed by atoms with Crippen LogP contribution in [-0.2, 0) is 16.0 Å². The summed E-state index contributed by atoms with van der Waals surface area (Å²) < 4.78 is 8.34. The highest BCUT2D eigenvalue weighted by molar-refractivity contribution is 7.21. The van der Waals surface area contributed by atoms with Gasteiger partial charge in [0, 0.05) is 5.56 Å². The highest BCUT2D eigenvalue weighted by Gasteiger charge is 2.22. The highest BCUT2D eigenvalue weighted by Crippen LogP contribution is 2.32. The normalized spacial score (nSPS) is 11.9. The van der Waals surface area contributed by atoms with E-state index in [9.17, 15) is 9.59 Å². The molecule has 0 aliphatic carbocycles. The van der Waals surface area contributed by atoms with Gasteiger partial charge in [0.15, 0.2) is 0 Å². The number of aromatic amines is 1. The monoisotopic (exact) mass is 553 g/mol. The van der Waals surface area contributed by atoms with Crippen LogP contribution in [0.25, 0.3) is 36.1 Å². The molecule has 0 atom stereocenters. The van der Waals surface area contributed by atoms with Crippen LogP contribution in [-0.4, -0.2) is 38.5 Å². The summed E-state index contributed by atoms with van der Waals surface area (Å²) in [5, 5.41) is 4.50. The van der Waals surface area contributed by atoms with Crippen LogP contribution in [0.1, 0.15) is 23.7 Å². The number of carbonyl (C=O) groups is 1. The summed E-state index contributed by atoms with van der Waals surface area (Å²) in [6.45, 7) is 3.83. The molecular weight excluding hydrogens is 530 g/mol. The molecule has 6 rings (SSSR count). The molecule has 39 heavy (non-hydrogen) atoms. The van der Waals surface area contributed by atoms with Crippen molar-refractivity contribution in [2.45, 2.75) is 20.3 Å². The maximum atomic E-state index is 13.6. The summed E-state index contributed by atoms with van der Waals surface area (Å²) in [5.41, 5.74) is 5.57. The molecule has 0 spiro atoms. The number of methoxy groups -OCH3 is 1. The van der Waals surface area contributed by atoms with Gasteiger partial charge in [0.25, 0.3) is 5.56 Å². The van der Waals surface area contributed by atoms with E-state index in [1.807, 2.05) is 54.6 Å². The minimum Gasteiger partial charge on any atom is -0.469 e. The minimum atomic E-state index is -0.461. The number of hydrogen-bond donors (Lipinski definition) is 1. The first-order chi connectivity index (χ1) is 18.9. The van der Waals surface area contributed by atoms with Gasteiger partial charge >= 0.3 is 5.97 Å². The number of aliphatic imine (C=N–C) groups is 1. The van der Waals surface area contributed by atoms with Gasteiger partial charge in [-0.05, 0) is 67.9 Å². The molecule has 0 fully saturated rings. The van der Waals surface area contributed by atoms with Crippen molar-refractivity contribution in [2.75, 3.05) is 7.11 Å². The molecule has 3 aromatic heterocycles. The highest BCUT2D eigenvalue weighted by atomic mass is 32.1. The zero-order valence-electron chi connectivity index (χ0n) is 21.4. The second-order valence-corrected chi connectivity index (χ2v) is 11.1. The van der Waals surface area contributed by atoms with Gasteiger partial charge in [0.05, 0.1) is 56.6 Å². The number of para-hydroxylation sites is 1. The lowest BCUT2D eigenvalue weighted by Gasteiger charge is -2.03. The number of H-pyrrole nitrogens is 1. The van der Waals surface area contributed by atoms with Crippen molar-refractivity contribution in [3.05, 3.63) is 93.9 Å². The van der Waals surface area contributed by atoms with Crippen molar-refractivity contribution < 1.29 is 9.53 Å². The van der Waals surface area contributed by atoms with Crippen LogP contribution < -0.4 is 5.56 Å². The number of aromatic nitrogens is 4. The predicted octanol–water partition coefficient (Wildman–Crippen LogP) is 6.22. The molecule has 0 unspecified atom stereocenters. The summed E-state index contributed by atoms with van der Waals surface area (Å²) in [5.74, 6) is -0.461. The molecule has 0 aliphatic rings. The van der Waals surface area contributed by atoms with E-state index in [2.05, 4.69) is 29.1 Å². The molecule has 0 saturated heterocycles. The van der Waals surface area contributed by atoms with Gasteiger partial charge < -0.3 is 4.74 Å². The first kappa shape index (κ1) is 24.9. The van der Waals surface area contributed by atoms with Crippen molar-refractivity contribution in [3.63, 3.8) is 0 Å². The van der Waals surface area contributed by atoms with Crippen LogP contribution in [0.15, 0.2) is 76.5 Å². The van der Waals surface area contributed by atoms with Crippen molar-refractivity contribution in [3.8, 4) is 15.7 Å². The molecular formula is C29H23N5O3S2. The molecule has 0 aliphatic heterocycles. The number of thiazole rings is 2. The lowest BCUT2D eigenvalue weighted by Crippen LogP contribution is -2.19. The van der Waals surface area contributed by atoms with Gasteiger partial charge in [0.2, 0.25) is 5.13 Å². The Hall–Kier alpha value is -4.41. The van der Waals surface area contributed by atoms with Crippen molar-refractivity contribution in [2.24, 2.45) is 4.99 Å². The molecule has 0 radical (unpaired) electrons. The third kappa shape index (κ3) is 4.80. The molecule has 0 amide bonds. The fourth-order valence-corrected chi connectivity index (χ4v) is 6.37. The van der Waals surface area contributed by atoms with Crippen molar-refractivity contribution in [1.82, 2.24) is 19.7 Å². The Balaban J connectivity index is 1.36. The van der Waals surface area contributed by atoms with Gasteiger partial charge in [-0.1, -0.05) is 29.5 Å². The van der Waals surface area contributed by atoms with Crippen LogP contribution in [0.4, 0.5) is 5.69 Å². The summed E-state index contributed by atoms with van der Waals surface area (Å²) in [4.78, 5) is 39.8. The fraction of sp³-hybridized carbons (Fsp3) is 0.138. The van der Waals surface area contributed by atoms with Crippen molar-refractivity contribution in [1.29, 1.82) is 0 Å². The molecule has 8 nitrogen and oxygen atoms in total. The average molecular weight is 554 g/mol. The first-order valence-corrected chi connectivity index (χ1v) is 13.8. The maximum Gasteiger partial charge on any atom is 0.311 e. The van der Waals surface area contributed by atoms with Crippen LogP contribution in [0.5, 0.6) is 0 Å². The number of ether oxygens (including phenoxy) is 1. The number of carbonyl (C=O) groups excluding carboxylic acids is 1. The molecule has 10 heteroatoms. The number of nitrogens with zero attached hydrogens (tertiary/aromatic N) is 4. The Bertz CT molecular complexity index is 1910. The number of hydrogen-bond acceptors (Lipinski definition) is 8. The molecule has 3 aromatic carbocycles. The number of aryl methyl sites for hydroxylation is 1. The van der Waals surface area contributed by atoms with Crippen LogP contribution in [0, 0.1) is 6.92 Å². The van der Waals surface area contributed by atoms with E-state index in [1.54, 1.807) is 18.3 Å². The SMILES string of the molecule is COC(=O)Cc1[nH]n(-c2nc3ccccc3s2)c(=O)c1C(C)=Nc1ccc(-c2nc3ccc(C)cc3s2)cc1. The maximum absolute atomic E-state index is 13.6.